The summed E-state index contributed by atoms with van der Waals surface area (Å²) in [6, 6.07) is 0. The monoisotopic (exact) mass is 284 g/mol. The zero-order chi connectivity index (χ0) is 15.5. The Morgan fingerprint density at radius 2 is 1.21 bits per heavy atom. The molecule has 0 aromatic carbocycles. The van der Waals surface area contributed by atoms with Crippen LogP contribution in [0.15, 0.2) is 0 Å². The highest BCUT2D eigenvalue weighted by molar-refractivity contribution is 6.00. The zero-order valence-corrected chi connectivity index (χ0v) is 11.7. The summed E-state index contributed by atoms with van der Waals surface area (Å²) in [5, 5.41) is 0. The molecular formula is C12H19F3O4. The van der Waals surface area contributed by atoms with E-state index >= 15 is 0 Å². The van der Waals surface area contributed by atoms with E-state index in [9.17, 15) is 22.8 Å². The normalized spacial score (nSPS) is 13.1. The van der Waals surface area contributed by atoms with Crippen molar-refractivity contribution in [2.24, 2.45) is 10.8 Å². The smallest absolute Gasteiger partial charge is 0.395 e. The van der Waals surface area contributed by atoms with E-state index in [0.717, 1.165) is 20.8 Å². The predicted octanol–water partition coefficient (Wildman–Crippen LogP) is 2.71. The van der Waals surface area contributed by atoms with E-state index in [-0.39, 0.29) is 13.2 Å². The summed E-state index contributed by atoms with van der Waals surface area (Å²) in [6.45, 7) is 5.11. The number of hydrogen-bond acceptors (Lipinski definition) is 4. The van der Waals surface area contributed by atoms with Crippen LogP contribution in [-0.4, -0.2) is 31.3 Å². The number of halogens is 3. The largest absolute Gasteiger partial charge is 0.465 e. The molecular weight excluding hydrogens is 265 g/mol. The van der Waals surface area contributed by atoms with Crippen LogP contribution in [-0.2, 0) is 19.1 Å². The Kier molecular flexibility index (Phi) is 5.41. The average Bonchev–Trinajstić information content (AvgIpc) is 2.26. The van der Waals surface area contributed by atoms with Crippen LogP contribution in [0.1, 0.15) is 34.6 Å². The van der Waals surface area contributed by atoms with Crippen LogP contribution in [0.25, 0.3) is 0 Å². The summed E-state index contributed by atoms with van der Waals surface area (Å²) in [6.07, 6.45) is -4.76. The minimum atomic E-state index is -4.76. The first kappa shape index (κ1) is 17.7. The topological polar surface area (TPSA) is 52.6 Å². The molecule has 0 unspecified atom stereocenters. The highest BCUT2D eigenvalue weighted by Gasteiger charge is 2.67. The number of alkyl halides is 3. The molecule has 0 N–H and O–H groups in total. The number of ether oxygens (including phenoxy) is 2. The van der Waals surface area contributed by atoms with E-state index < -0.39 is 28.9 Å². The van der Waals surface area contributed by atoms with E-state index in [1.807, 2.05) is 0 Å². The summed E-state index contributed by atoms with van der Waals surface area (Å²) < 4.78 is 48.6. The van der Waals surface area contributed by atoms with E-state index in [1.165, 1.54) is 13.8 Å². The van der Waals surface area contributed by atoms with Gasteiger partial charge in [0.25, 0.3) is 0 Å². The molecule has 4 nitrogen and oxygen atoms in total. The van der Waals surface area contributed by atoms with Crippen molar-refractivity contribution in [2.75, 3.05) is 13.2 Å². The van der Waals surface area contributed by atoms with Crippen molar-refractivity contribution in [3.63, 3.8) is 0 Å². The first-order valence-corrected chi connectivity index (χ1v) is 5.88. The summed E-state index contributed by atoms with van der Waals surface area (Å²) in [7, 11) is 0. The van der Waals surface area contributed by atoms with Gasteiger partial charge in [0.05, 0.1) is 18.6 Å². The number of rotatable bonds is 5. The second-order valence-corrected chi connectivity index (χ2v) is 4.69. The van der Waals surface area contributed by atoms with Gasteiger partial charge in [0.2, 0.25) is 0 Å². The van der Waals surface area contributed by atoms with Gasteiger partial charge in [0.1, 0.15) is 0 Å². The minimum absolute atomic E-state index is 0.123. The van der Waals surface area contributed by atoms with E-state index in [1.54, 1.807) is 0 Å². The average molecular weight is 284 g/mol. The Morgan fingerprint density at radius 3 is 1.42 bits per heavy atom. The third-order valence-electron chi connectivity index (χ3n) is 3.33. The van der Waals surface area contributed by atoms with Crippen molar-refractivity contribution in [3.8, 4) is 0 Å². The lowest BCUT2D eigenvalue weighted by molar-refractivity contribution is -0.255. The first-order valence-electron chi connectivity index (χ1n) is 5.88. The van der Waals surface area contributed by atoms with E-state index in [4.69, 9.17) is 0 Å². The van der Waals surface area contributed by atoms with Gasteiger partial charge in [-0.15, -0.1) is 0 Å². The van der Waals surface area contributed by atoms with Gasteiger partial charge >= 0.3 is 18.1 Å². The van der Waals surface area contributed by atoms with E-state index in [2.05, 4.69) is 9.47 Å². The lowest BCUT2D eigenvalue weighted by atomic mass is 9.66. The number of carbonyl (C=O) groups is 2. The molecule has 0 radical (unpaired) electrons. The molecule has 112 valence electrons. The first-order chi connectivity index (χ1) is 8.46. The van der Waals surface area contributed by atoms with Crippen LogP contribution in [0.5, 0.6) is 0 Å². The predicted molar refractivity (Wildman–Crippen MR) is 61.2 cm³/mol. The zero-order valence-electron chi connectivity index (χ0n) is 11.7. The van der Waals surface area contributed by atoms with Gasteiger partial charge in [0.15, 0.2) is 5.41 Å². The molecule has 0 aliphatic carbocycles. The highest BCUT2D eigenvalue weighted by Crippen LogP contribution is 2.51. The fraction of sp³-hybridized carbons (Fsp3) is 0.833. The lowest BCUT2D eigenvalue weighted by Crippen LogP contribution is -2.56. The molecule has 0 saturated heterocycles. The van der Waals surface area contributed by atoms with Gasteiger partial charge in [-0.1, -0.05) is 0 Å². The molecule has 19 heavy (non-hydrogen) atoms. The minimum Gasteiger partial charge on any atom is -0.465 e. The molecule has 0 atom stereocenters. The van der Waals surface area contributed by atoms with Gasteiger partial charge in [-0.2, -0.15) is 13.2 Å². The fourth-order valence-electron chi connectivity index (χ4n) is 1.43. The van der Waals surface area contributed by atoms with Crippen molar-refractivity contribution >= 4 is 11.9 Å². The third kappa shape index (κ3) is 3.01. The van der Waals surface area contributed by atoms with Crippen molar-refractivity contribution < 1.29 is 32.2 Å². The molecule has 0 aliphatic rings. The standard InChI is InChI=1S/C12H19F3O4/c1-6-18-8(16)11(5,9(17)19-7-2)10(3,4)12(13,14)15/h6-7H2,1-5H3. The maximum absolute atomic E-state index is 13.1. The van der Waals surface area contributed by atoms with Gasteiger partial charge in [-0.05, 0) is 34.6 Å². The fourth-order valence-corrected chi connectivity index (χ4v) is 1.43. The number of hydrogen-bond donors (Lipinski definition) is 0. The lowest BCUT2D eigenvalue weighted by Gasteiger charge is -2.40. The van der Waals surface area contributed by atoms with Crippen LogP contribution in [0.2, 0.25) is 0 Å². The SMILES string of the molecule is CCOC(=O)C(C)(C(=O)OCC)C(C)(C)C(F)(F)F. The van der Waals surface area contributed by atoms with Crippen LogP contribution < -0.4 is 0 Å². The van der Waals surface area contributed by atoms with Gasteiger partial charge in [-0.25, -0.2) is 0 Å². The quantitative estimate of drug-likeness (QED) is 0.575. The second kappa shape index (κ2) is 5.79. The molecule has 0 saturated carbocycles. The molecule has 0 aromatic rings. The molecule has 0 heterocycles. The van der Waals surface area contributed by atoms with Crippen LogP contribution in [0.4, 0.5) is 13.2 Å². The summed E-state index contributed by atoms with van der Waals surface area (Å²) in [5.41, 5.74) is -5.06. The Hall–Kier alpha value is -1.27. The number of esters is 2. The molecule has 0 aliphatic heterocycles. The van der Waals surface area contributed by atoms with Gasteiger partial charge < -0.3 is 9.47 Å². The Labute approximate surface area is 110 Å². The van der Waals surface area contributed by atoms with E-state index in [0.29, 0.717) is 0 Å². The molecule has 0 amide bonds. The summed E-state index contributed by atoms with van der Waals surface area (Å²) in [4.78, 5) is 23.7. The number of carbonyl (C=O) groups excluding carboxylic acids is 2. The summed E-state index contributed by atoms with van der Waals surface area (Å²) >= 11 is 0. The van der Waals surface area contributed by atoms with Crippen molar-refractivity contribution in [1.29, 1.82) is 0 Å². The molecule has 0 rings (SSSR count). The summed E-state index contributed by atoms with van der Waals surface area (Å²) in [5.74, 6) is -2.48. The Bertz CT molecular complexity index is 329. The Morgan fingerprint density at radius 1 is 0.895 bits per heavy atom. The molecule has 0 spiro atoms. The molecule has 0 bridgehead atoms. The maximum Gasteiger partial charge on any atom is 0.395 e. The van der Waals surface area contributed by atoms with Crippen molar-refractivity contribution in [1.82, 2.24) is 0 Å². The van der Waals surface area contributed by atoms with Crippen LogP contribution in [0, 0.1) is 10.8 Å². The van der Waals surface area contributed by atoms with Gasteiger partial charge in [-0.3, -0.25) is 9.59 Å². The maximum atomic E-state index is 13.1. The van der Waals surface area contributed by atoms with Gasteiger partial charge in [0, 0.05) is 0 Å². The van der Waals surface area contributed by atoms with Crippen molar-refractivity contribution in [3.05, 3.63) is 0 Å². The highest BCUT2D eigenvalue weighted by atomic mass is 19.4. The molecule has 0 aromatic heterocycles. The van der Waals surface area contributed by atoms with Crippen LogP contribution >= 0.6 is 0 Å². The van der Waals surface area contributed by atoms with Crippen molar-refractivity contribution in [2.45, 2.75) is 40.8 Å². The van der Waals surface area contributed by atoms with Crippen LogP contribution in [0.3, 0.4) is 0 Å². The molecule has 7 heteroatoms. The third-order valence-corrected chi connectivity index (χ3v) is 3.33. The molecule has 0 fully saturated rings. The Balaban J connectivity index is 5.77. The second-order valence-electron chi connectivity index (χ2n) is 4.69.